The third kappa shape index (κ3) is 3.40. The summed E-state index contributed by atoms with van der Waals surface area (Å²) in [5.41, 5.74) is 6.01. The average Bonchev–Trinajstić information content (AvgIpc) is 3.61. The molecule has 7 rings (SSSR count). The maximum atomic E-state index is 13.7. The Bertz CT molecular complexity index is 1620. The van der Waals surface area contributed by atoms with Crippen molar-refractivity contribution in [3.63, 3.8) is 0 Å². The van der Waals surface area contributed by atoms with Crippen LogP contribution < -0.4 is 10.6 Å². The molecule has 37 heavy (non-hydrogen) atoms. The molecule has 0 spiro atoms. The van der Waals surface area contributed by atoms with E-state index in [9.17, 15) is 14.0 Å². The molecule has 3 aromatic heterocycles. The first kappa shape index (κ1) is 21.9. The van der Waals surface area contributed by atoms with Crippen molar-refractivity contribution < 1.29 is 18.7 Å². The van der Waals surface area contributed by atoms with Crippen molar-refractivity contribution in [2.75, 3.05) is 25.6 Å². The summed E-state index contributed by atoms with van der Waals surface area (Å²) in [7, 11) is 1.79. The minimum absolute atomic E-state index is 0.00209. The van der Waals surface area contributed by atoms with Crippen LogP contribution in [-0.4, -0.2) is 51.3 Å². The summed E-state index contributed by atoms with van der Waals surface area (Å²) in [4.78, 5) is 36.6. The average molecular weight is 499 g/mol. The minimum Gasteiger partial charge on any atom is -0.380 e. The number of carbonyl (C=O) groups is 2. The third-order valence-electron chi connectivity index (χ3n) is 7.55. The van der Waals surface area contributed by atoms with Gasteiger partial charge in [-0.25, -0.2) is 14.4 Å². The number of fused-ring (bicyclic) bond motifs is 5. The standard InChI is InChI=1S/C27H23FN6O3/c1-33-11-21-15(18-12-37-13-19(18)27(33)36)3-5-23(32-21)31-20-4-2-16(17-9-30-26(35)25(17)20)22-10-29-24-8-14(28)6-7-34(22)24/h2-8,10,18-19H,9,11-13H2,1H3,(H,30,35)(H,31,32)/t18-,19-/m0/s1. The van der Waals surface area contributed by atoms with E-state index in [4.69, 9.17) is 9.72 Å². The number of anilines is 2. The van der Waals surface area contributed by atoms with E-state index in [1.54, 1.807) is 28.7 Å². The zero-order valence-corrected chi connectivity index (χ0v) is 20.0. The minimum atomic E-state index is -0.355. The van der Waals surface area contributed by atoms with Crippen LogP contribution in [0.4, 0.5) is 15.9 Å². The van der Waals surface area contributed by atoms with E-state index in [1.807, 2.05) is 24.3 Å². The SMILES string of the molecule is CN1Cc2nc(Nc3ccc(-c4cnc5cc(F)ccn45)c4c3C(=O)NC4)ccc2[C@@H]2COC[C@@H]2C1=O. The van der Waals surface area contributed by atoms with Gasteiger partial charge in [-0.1, -0.05) is 12.1 Å². The fourth-order valence-electron chi connectivity index (χ4n) is 5.72. The van der Waals surface area contributed by atoms with Crippen LogP contribution in [0.2, 0.25) is 0 Å². The molecule has 4 aromatic rings. The Kier molecular flexibility index (Phi) is 4.80. The molecule has 10 heteroatoms. The maximum absolute atomic E-state index is 13.7. The van der Waals surface area contributed by atoms with Gasteiger partial charge in [0, 0.05) is 37.3 Å². The van der Waals surface area contributed by atoms with Gasteiger partial charge < -0.3 is 20.3 Å². The largest absolute Gasteiger partial charge is 0.380 e. The number of ether oxygens (including phenoxy) is 1. The van der Waals surface area contributed by atoms with Crippen LogP contribution in [-0.2, 0) is 22.6 Å². The second-order valence-electron chi connectivity index (χ2n) is 9.72. The Morgan fingerprint density at radius 3 is 2.89 bits per heavy atom. The van der Waals surface area contributed by atoms with Gasteiger partial charge in [0.05, 0.1) is 54.5 Å². The van der Waals surface area contributed by atoms with Gasteiger partial charge in [0.2, 0.25) is 5.91 Å². The smallest absolute Gasteiger partial charge is 0.254 e. The number of amides is 2. The summed E-state index contributed by atoms with van der Waals surface area (Å²) < 4.78 is 21.1. The molecular formula is C27H23FN6O3. The number of nitrogens with zero attached hydrogens (tertiary/aromatic N) is 4. The van der Waals surface area contributed by atoms with Gasteiger partial charge in [0.1, 0.15) is 17.3 Å². The zero-order chi connectivity index (χ0) is 25.3. The monoisotopic (exact) mass is 498 g/mol. The fourth-order valence-corrected chi connectivity index (χ4v) is 5.72. The van der Waals surface area contributed by atoms with Gasteiger partial charge >= 0.3 is 0 Å². The first-order valence-electron chi connectivity index (χ1n) is 12.1. The number of pyridine rings is 2. The summed E-state index contributed by atoms with van der Waals surface area (Å²) in [5.74, 6) is -0.0341. The second kappa shape index (κ2) is 8.10. The number of imidazole rings is 1. The van der Waals surface area contributed by atoms with Crippen LogP contribution >= 0.6 is 0 Å². The lowest BCUT2D eigenvalue weighted by atomic mass is 9.88. The molecule has 186 valence electrons. The van der Waals surface area contributed by atoms with Gasteiger partial charge in [-0.3, -0.25) is 14.0 Å². The summed E-state index contributed by atoms with van der Waals surface area (Å²) in [6, 6.07) is 10.4. The van der Waals surface area contributed by atoms with E-state index >= 15 is 0 Å². The molecule has 1 saturated heterocycles. The topological polar surface area (TPSA) is 101 Å². The summed E-state index contributed by atoms with van der Waals surface area (Å²) in [6.07, 6.45) is 3.32. The van der Waals surface area contributed by atoms with Crippen molar-refractivity contribution in [2.24, 2.45) is 5.92 Å². The van der Waals surface area contributed by atoms with Crippen molar-refractivity contribution in [2.45, 2.75) is 19.0 Å². The molecule has 0 unspecified atom stereocenters. The maximum Gasteiger partial charge on any atom is 0.254 e. The van der Waals surface area contributed by atoms with Crippen LogP contribution in [0.15, 0.2) is 48.8 Å². The predicted molar refractivity (Wildman–Crippen MR) is 133 cm³/mol. The highest BCUT2D eigenvalue weighted by Crippen LogP contribution is 2.39. The highest BCUT2D eigenvalue weighted by atomic mass is 19.1. The molecule has 0 radical (unpaired) electrons. The molecule has 3 aliphatic heterocycles. The van der Waals surface area contributed by atoms with Gasteiger partial charge in [0.25, 0.3) is 5.91 Å². The number of nitrogens with one attached hydrogen (secondary N) is 2. The Hall–Kier alpha value is -4.31. The molecule has 1 fully saturated rings. The quantitative estimate of drug-likeness (QED) is 0.450. The lowest BCUT2D eigenvalue weighted by molar-refractivity contribution is -0.134. The molecule has 6 heterocycles. The molecule has 0 bridgehead atoms. The van der Waals surface area contributed by atoms with Gasteiger partial charge in [0.15, 0.2) is 0 Å². The number of halogens is 1. The number of hydrogen-bond donors (Lipinski definition) is 2. The van der Waals surface area contributed by atoms with Crippen LogP contribution in [0.25, 0.3) is 16.9 Å². The molecular weight excluding hydrogens is 475 g/mol. The summed E-state index contributed by atoms with van der Waals surface area (Å²) in [6.45, 7) is 1.74. The number of carbonyl (C=O) groups excluding carboxylic acids is 2. The number of aromatic nitrogens is 3. The Labute approximate surface area is 211 Å². The molecule has 3 aliphatic rings. The van der Waals surface area contributed by atoms with E-state index in [2.05, 4.69) is 15.6 Å². The van der Waals surface area contributed by atoms with Crippen molar-refractivity contribution in [3.8, 4) is 11.3 Å². The van der Waals surface area contributed by atoms with Crippen molar-refractivity contribution >= 4 is 29.0 Å². The van der Waals surface area contributed by atoms with E-state index in [1.165, 1.54) is 12.1 Å². The fraction of sp³-hybridized carbons (Fsp3) is 0.259. The highest BCUT2D eigenvalue weighted by molar-refractivity contribution is 6.06. The van der Waals surface area contributed by atoms with Crippen LogP contribution in [0, 0.1) is 11.7 Å². The lowest BCUT2D eigenvalue weighted by Crippen LogP contribution is -2.32. The third-order valence-corrected chi connectivity index (χ3v) is 7.55. The van der Waals surface area contributed by atoms with E-state index in [0.717, 1.165) is 28.1 Å². The second-order valence-corrected chi connectivity index (χ2v) is 9.72. The molecule has 0 saturated carbocycles. The molecule has 9 nitrogen and oxygen atoms in total. The predicted octanol–water partition coefficient (Wildman–Crippen LogP) is 3.22. The number of hydrogen-bond acceptors (Lipinski definition) is 6. The summed E-state index contributed by atoms with van der Waals surface area (Å²) >= 11 is 0. The zero-order valence-electron chi connectivity index (χ0n) is 20.0. The Morgan fingerprint density at radius 2 is 2.00 bits per heavy atom. The van der Waals surface area contributed by atoms with Crippen molar-refractivity contribution in [1.82, 2.24) is 24.6 Å². The molecule has 2 atom stereocenters. The molecule has 2 amide bonds. The van der Waals surface area contributed by atoms with Crippen molar-refractivity contribution in [3.05, 3.63) is 77.0 Å². The molecule has 0 aliphatic carbocycles. The lowest BCUT2D eigenvalue weighted by Gasteiger charge is -2.18. The normalized spacial score (nSPS) is 20.4. The Balaban J connectivity index is 1.27. The number of rotatable bonds is 3. The first-order chi connectivity index (χ1) is 18.0. The summed E-state index contributed by atoms with van der Waals surface area (Å²) in [5, 5.41) is 6.25. The van der Waals surface area contributed by atoms with Crippen LogP contribution in [0.5, 0.6) is 0 Å². The van der Waals surface area contributed by atoms with Gasteiger partial charge in [-0.05, 0) is 29.3 Å². The molecule has 1 aromatic carbocycles. The number of benzene rings is 1. The van der Waals surface area contributed by atoms with Crippen LogP contribution in [0.1, 0.15) is 33.1 Å². The van der Waals surface area contributed by atoms with Crippen LogP contribution in [0.3, 0.4) is 0 Å². The van der Waals surface area contributed by atoms with Gasteiger partial charge in [-0.15, -0.1) is 0 Å². The van der Waals surface area contributed by atoms with Crippen molar-refractivity contribution in [1.29, 1.82) is 0 Å². The highest BCUT2D eigenvalue weighted by Gasteiger charge is 2.40. The Morgan fingerprint density at radius 1 is 1.14 bits per heavy atom. The van der Waals surface area contributed by atoms with E-state index in [-0.39, 0.29) is 29.5 Å². The molecule has 2 N–H and O–H groups in total. The van der Waals surface area contributed by atoms with E-state index < -0.39 is 0 Å². The van der Waals surface area contributed by atoms with E-state index in [0.29, 0.717) is 49.0 Å². The first-order valence-corrected chi connectivity index (χ1v) is 12.1. The van der Waals surface area contributed by atoms with Gasteiger partial charge in [-0.2, -0.15) is 0 Å².